The molecule has 0 unspecified atom stereocenters. The molecule has 0 amide bonds. The van der Waals surface area contributed by atoms with Gasteiger partial charge in [0.25, 0.3) is 0 Å². The maximum Gasteiger partial charge on any atom is 1.00 e. The number of phenolic OH excluding ortho intramolecular Hbond substituents is 1. The van der Waals surface area contributed by atoms with Crippen LogP contribution in [0.1, 0.15) is 11.1 Å². The van der Waals surface area contributed by atoms with E-state index >= 15 is 0 Å². The van der Waals surface area contributed by atoms with Gasteiger partial charge in [-0.05, 0) is 54.6 Å². The van der Waals surface area contributed by atoms with Crippen molar-refractivity contribution >= 4 is 42.4 Å². The first-order valence-electron chi connectivity index (χ1n) is 8.09. The number of rotatable bonds is 4. The molecule has 0 aromatic heterocycles. The van der Waals surface area contributed by atoms with Gasteiger partial charge in [0.05, 0.1) is 15.5 Å². The van der Waals surface area contributed by atoms with Gasteiger partial charge < -0.3 is 14.2 Å². The zero-order valence-electron chi connectivity index (χ0n) is 17.1. The number of phenols is 1. The fourth-order valence-electron chi connectivity index (χ4n) is 2.72. The number of aryl methyl sites for hydroxylation is 1. The van der Waals surface area contributed by atoms with E-state index < -0.39 is 35.8 Å². The van der Waals surface area contributed by atoms with E-state index in [9.17, 15) is 31.0 Å². The molecule has 0 spiro atoms. The molecule has 0 saturated heterocycles. The summed E-state index contributed by atoms with van der Waals surface area (Å²) in [6.07, 6.45) is 0. The number of fused-ring (bicyclic) bond motifs is 1. The maximum atomic E-state index is 11.5. The second-order valence-electron chi connectivity index (χ2n) is 6.28. The topological polar surface area (TPSA) is 159 Å². The second-order valence-corrected chi connectivity index (χ2v) is 9.01. The summed E-state index contributed by atoms with van der Waals surface area (Å²) < 4.78 is 68.4. The van der Waals surface area contributed by atoms with Crippen LogP contribution >= 0.6 is 0 Å². The van der Waals surface area contributed by atoms with E-state index in [2.05, 4.69) is 10.2 Å². The second kappa shape index (κ2) is 10.4. The third-order valence-electron chi connectivity index (χ3n) is 4.41. The van der Waals surface area contributed by atoms with Crippen molar-refractivity contribution in [3.63, 3.8) is 0 Å². The van der Waals surface area contributed by atoms with Gasteiger partial charge in [0, 0.05) is 5.39 Å². The van der Waals surface area contributed by atoms with Gasteiger partial charge in [0.15, 0.2) is 5.75 Å². The van der Waals surface area contributed by atoms with Crippen molar-refractivity contribution in [2.24, 2.45) is 10.2 Å². The Kier molecular flexibility index (Phi) is 9.44. The van der Waals surface area contributed by atoms with Crippen molar-refractivity contribution in [2.45, 2.75) is 23.6 Å². The minimum absolute atomic E-state index is 0. The molecule has 152 valence electrons. The number of azo groups is 1. The van der Waals surface area contributed by atoms with E-state index in [4.69, 9.17) is 0 Å². The van der Waals surface area contributed by atoms with Gasteiger partial charge in [-0.25, -0.2) is 16.8 Å². The first kappa shape index (κ1) is 28.2. The van der Waals surface area contributed by atoms with Gasteiger partial charge in [0.1, 0.15) is 25.9 Å². The van der Waals surface area contributed by atoms with Crippen LogP contribution in [-0.4, -0.2) is 31.0 Å². The molecule has 0 atom stereocenters. The minimum atomic E-state index is -5.12. The number of aromatic hydroxyl groups is 1. The molecular weight excluding hydrogens is 466 g/mol. The van der Waals surface area contributed by atoms with Gasteiger partial charge in [-0.1, -0.05) is 18.2 Å². The van der Waals surface area contributed by atoms with Crippen LogP contribution in [0.25, 0.3) is 10.8 Å². The summed E-state index contributed by atoms with van der Waals surface area (Å²) in [5, 5.41) is 18.3. The molecule has 3 rings (SSSR count). The Bertz CT molecular complexity index is 1390. The molecule has 0 aliphatic carbocycles. The fraction of sp³-hybridized carbons (Fsp3) is 0.111. The molecule has 0 heterocycles. The Morgan fingerprint density at radius 3 is 2.10 bits per heavy atom. The molecule has 1 N–H and O–H groups in total. The third kappa shape index (κ3) is 6.14. The van der Waals surface area contributed by atoms with Gasteiger partial charge >= 0.3 is 59.1 Å². The van der Waals surface area contributed by atoms with Crippen LogP contribution in [0.5, 0.6) is 5.75 Å². The molecule has 3 aromatic rings. The third-order valence-corrected chi connectivity index (χ3v) is 6.10. The van der Waals surface area contributed by atoms with Crippen LogP contribution in [0.3, 0.4) is 0 Å². The van der Waals surface area contributed by atoms with Crippen molar-refractivity contribution in [3.8, 4) is 5.75 Å². The average molecular weight is 480 g/mol. The van der Waals surface area contributed by atoms with Gasteiger partial charge in [-0.3, -0.25) is 0 Å². The van der Waals surface area contributed by atoms with Gasteiger partial charge in [0.2, 0.25) is 0 Å². The zero-order valence-corrected chi connectivity index (χ0v) is 22.8. The summed E-state index contributed by atoms with van der Waals surface area (Å²) in [6, 6.07) is 9.11. The first-order valence-corrected chi connectivity index (χ1v) is 10.9. The number of hydrogen-bond acceptors (Lipinski definition) is 9. The van der Waals surface area contributed by atoms with Crippen LogP contribution in [0.15, 0.2) is 62.5 Å². The molecule has 13 heteroatoms. The Morgan fingerprint density at radius 1 is 0.871 bits per heavy atom. The van der Waals surface area contributed by atoms with Crippen molar-refractivity contribution in [1.82, 2.24) is 0 Å². The van der Waals surface area contributed by atoms with Crippen LogP contribution < -0.4 is 59.1 Å². The first-order chi connectivity index (χ1) is 13.4. The van der Waals surface area contributed by atoms with E-state index in [1.807, 2.05) is 13.0 Å². The van der Waals surface area contributed by atoms with Crippen molar-refractivity contribution < 1.29 is 90.2 Å². The molecule has 9 nitrogen and oxygen atoms in total. The van der Waals surface area contributed by atoms with Crippen LogP contribution in [0.2, 0.25) is 0 Å². The Morgan fingerprint density at radius 2 is 1.52 bits per heavy atom. The number of hydrogen-bond donors (Lipinski definition) is 1. The van der Waals surface area contributed by atoms with Crippen molar-refractivity contribution in [2.75, 3.05) is 0 Å². The van der Waals surface area contributed by atoms with E-state index in [0.717, 1.165) is 29.3 Å². The predicted octanol–water partition coefficient (Wildman–Crippen LogP) is -2.61. The molecular formula is C18H14N2Na2O7S2. The predicted molar refractivity (Wildman–Crippen MR) is 102 cm³/mol. The maximum absolute atomic E-state index is 11.5. The summed E-state index contributed by atoms with van der Waals surface area (Å²) >= 11 is 0. The van der Waals surface area contributed by atoms with Crippen LogP contribution in [0, 0.1) is 13.8 Å². The monoisotopic (exact) mass is 480 g/mol. The zero-order chi connectivity index (χ0) is 21.6. The summed E-state index contributed by atoms with van der Waals surface area (Å²) in [5.74, 6) is -0.917. The fourth-order valence-corrected chi connectivity index (χ4v) is 3.84. The largest absolute Gasteiger partial charge is 1.00 e. The summed E-state index contributed by atoms with van der Waals surface area (Å²) in [6.45, 7) is 3.66. The van der Waals surface area contributed by atoms with E-state index in [1.165, 1.54) is 6.07 Å². The normalized spacial score (nSPS) is 11.9. The Labute approximate surface area is 223 Å². The smallest absolute Gasteiger partial charge is 0.744 e. The SMILES string of the molecule is Cc1cccc(/N=N/c2c(O)c(S(=O)(=O)[O-])cc3cc(S(=O)(=O)[O-])ccc23)c1C.[Na+].[Na+]. The Hall–Kier alpha value is -0.860. The van der Waals surface area contributed by atoms with Crippen LogP contribution in [0.4, 0.5) is 11.4 Å². The molecule has 0 bridgehead atoms. The summed E-state index contributed by atoms with van der Waals surface area (Å²) in [7, 11) is -9.95. The number of nitrogens with zero attached hydrogens (tertiary/aromatic N) is 2. The molecule has 0 saturated carbocycles. The van der Waals surface area contributed by atoms with E-state index in [1.54, 1.807) is 19.1 Å². The molecule has 31 heavy (non-hydrogen) atoms. The van der Waals surface area contributed by atoms with Crippen LogP contribution in [-0.2, 0) is 20.2 Å². The molecule has 0 radical (unpaired) electrons. The Balaban J connectivity index is 0.00000240. The van der Waals surface area contributed by atoms with E-state index in [-0.39, 0.29) is 75.6 Å². The summed E-state index contributed by atoms with van der Waals surface area (Å²) in [4.78, 5) is -1.62. The minimum Gasteiger partial charge on any atom is -0.744 e. The molecule has 0 aliphatic heterocycles. The average Bonchev–Trinajstić information content (AvgIpc) is 2.61. The number of benzene rings is 3. The van der Waals surface area contributed by atoms with E-state index in [0.29, 0.717) is 5.69 Å². The van der Waals surface area contributed by atoms with Gasteiger partial charge in [-0.2, -0.15) is 5.11 Å². The standard InChI is InChI=1S/C18H16N2O7S2.2Na/c1-10-4-3-5-15(11(10)2)19-20-17-14-7-6-13(28(22,23)24)8-12(14)9-16(18(17)21)29(25,26)27;;/h3-9,21H,1-2H3,(H,22,23,24)(H,25,26,27);;/q;2*+1/p-2/b20-19+;;. The molecule has 3 aromatic carbocycles. The van der Waals surface area contributed by atoms with Gasteiger partial charge in [-0.15, -0.1) is 5.11 Å². The van der Waals surface area contributed by atoms with Crippen molar-refractivity contribution in [3.05, 3.63) is 53.6 Å². The van der Waals surface area contributed by atoms with Crippen molar-refractivity contribution in [1.29, 1.82) is 0 Å². The molecule has 0 aliphatic rings. The molecule has 0 fully saturated rings. The quantitative estimate of drug-likeness (QED) is 0.243. The summed E-state index contributed by atoms with van der Waals surface area (Å²) in [5.41, 5.74) is 1.84.